The number of hydrogen-bond donors (Lipinski definition) is 1. The van der Waals surface area contributed by atoms with Gasteiger partial charge in [-0.25, -0.2) is 4.98 Å². The van der Waals surface area contributed by atoms with E-state index in [0.29, 0.717) is 5.69 Å². The lowest BCUT2D eigenvalue weighted by Gasteiger charge is -2.22. The van der Waals surface area contributed by atoms with Gasteiger partial charge in [0.2, 0.25) is 0 Å². The monoisotopic (exact) mass is 274 g/mol. The molecule has 0 saturated heterocycles. The van der Waals surface area contributed by atoms with Crippen LogP contribution in [0.4, 0.5) is 5.69 Å². The topological polar surface area (TPSA) is 42.0 Å². The fourth-order valence-corrected chi connectivity index (χ4v) is 2.49. The highest BCUT2D eigenvalue weighted by Crippen LogP contribution is 2.29. The fourth-order valence-electron chi connectivity index (χ4n) is 1.90. The quantitative estimate of drug-likeness (QED) is 0.899. The number of aromatic nitrogens is 1. The van der Waals surface area contributed by atoms with Gasteiger partial charge in [0.15, 0.2) is 0 Å². The van der Waals surface area contributed by atoms with Crippen LogP contribution in [-0.4, -0.2) is 10.9 Å². The number of hydrogen-bond acceptors (Lipinski definition) is 3. The first kappa shape index (κ1) is 13.7. The van der Waals surface area contributed by atoms with Gasteiger partial charge in [-0.15, -0.1) is 11.3 Å². The molecule has 3 nitrogen and oxygen atoms in total. The molecule has 0 bridgehead atoms. The number of benzene rings is 1. The Morgan fingerprint density at radius 3 is 2.53 bits per heavy atom. The van der Waals surface area contributed by atoms with Crippen molar-refractivity contribution < 1.29 is 4.79 Å². The molecule has 1 amide bonds. The van der Waals surface area contributed by atoms with Gasteiger partial charge in [-0.05, 0) is 24.0 Å². The molecule has 2 aromatic rings. The van der Waals surface area contributed by atoms with Gasteiger partial charge < -0.3 is 5.32 Å². The highest BCUT2D eigenvalue weighted by molar-refractivity contribution is 7.09. The molecule has 1 aromatic heterocycles. The summed E-state index contributed by atoms with van der Waals surface area (Å²) in [5, 5.41) is 5.63. The summed E-state index contributed by atoms with van der Waals surface area (Å²) in [5.74, 6) is -0.152. The van der Waals surface area contributed by atoms with E-state index in [-0.39, 0.29) is 11.3 Å². The Morgan fingerprint density at radius 2 is 1.95 bits per heavy atom. The van der Waals surface area contributed by atoms with Gasteiger partial charge >= 0.3 is 0 Å². The second-order valence-corrected chi connectivity index (χ2v) is 6.56. The summed E-state index contributed by atoms with van der Waals surface area (Å²) < 4.78 is 0. The molecule has 0 atom stereocenters. The molecule has 0 radical (unpaired) electrons. The van der Waals surface area contributed by atoms with Crippen molar-refractivity contribution in [2.45, 2.75) is 33.1 Å². The zero-order chi connectivity index (χ0) is 14.0. The van der Waals surface area contributed by atoms with E-state index in [1.165, 1.54) is 11.3 Å². The third kappa shape index (κ3) is 3.20. The number of carbonyl (C=O) groups is 1. The van der Waals surface area contributed by atoms with Gasteiger partial charge in [-0.3, -0.25) is 4.79 Å². The largest absolute Gasteiger partial charge is 0.320 e. The van der Waals surface area contributed by atoms with E-state index < -0.39 is 0 Å². The maximum Gasteiger partial charge on any atom is 0.275 e. The van der Waals surface area contributed by atoms with Gasteiger partial charge in [0.1, 0.15) is 5.69 Å². The molecule has 1 N–H and O–H groups in total. The van der Waals surface area contributed by atoms with E-state index >= 15 is 0 Å². The predicted molar refractivity (Wildman–Crippen MR) is 79.9 cm³/mol. The Morgan fingerprint density at radius 1 is 1.26 bits per heavy atom. The van der Waals surface area contributed by atoms with Crippen molar-refractivity contribution in [1.29, 1.82) is 0 Å². The average molecular weight is 274 g/mol. The number of aryl methyl sites for hydroxylation is 1. The highest BCUT2D eigenvalue weighted by Gasteiger charge is 2.19. The van der Waals surface area contributed by atoms with Crippen LogP contribution in [0.15, 0.2) is 29.6 Å². The molecule has 0 fully saturated rings. The first-order chi connectivity index (χ1) is 8.88. The Labute approximate surface area is 117 Å². The van der Waals surface area contributed by atoms with Crippen LogP contribution in [-0.2, 0) is 5.41 Å². The van der Waals surface area contributed by atoms with Crippen molar-refractivity contribution in [3.63, 3.8) is 0 Å². The van der Waals surface area contributed by atoms with E-state index in [4.69, 9.17) is 0 Å². The summed E-state index contributed by atoms with van der Waals surface area (Å²) >= 11 is 1.48. The number of para-hydroxylation sites is 1. The standard InChI is InChI=1S/C15H18N2OS/c1-10-16-13(9-19-10)14(18)17-12-8-6-5-7-11(12)15(2,3)4/h5-9H,1-4H3,(H,17,18). The van der Waals surface area contributed by atoms with Gasteiger partial charge in [-0.1, -0.05) is 39.0 Å². The van der Waals surface area contributed by atoms with Crippen molar-refractivity contribution >= 4 is 22.9 Å². The molecule has 0 aliphatic carbocycles. The molecule has 0 unspecified atom stereocenters. The number of anilines is 1. The number of thiazole rings is 1. The molecule has 1 aromatic carbocycles. The van der Waals surface area contributed by atoms with E-state index in [1.54, 1.807) is 5.38 Å². The molecule has 0 aliphatic rings. The Bertz CT molecular complexity index is 596. The van der Waals surface area contributed by atoms with E-state index in [2.05, 4.69) is 31.1 Å². The smallest absolute Gasteiger partial charge is 0.275 e. The average Bonchev–Trinajstić information content (AvgIpc) is 2.75. The van der Waals surface area contributed by atoms with Gasteiger partial charge in [0.05, 0.1) is 5.01 Å². The van der Waals surface area contributed by atoms with E-state index in [9.17, 15) is 4.79 Å². The number of nitrogens with one attached hydrogen (secondary N) is 1. The lowest BCUT2D eigenvalue weighted by Crippen LogP contribution is -2.18. The lowest BCUT2D eigenvalue weighted by atomic mass is 9.86. The SMILES string of the molecule is Cc1nc(C(=O)Nc2ccccc2C(C)(C)C)cs1. The Hall–Kier alpha value is -1.68. The minimum atomic E-state index is -0.152. The van der Waals surface area contributed by atoms with E-state index in [0.717, 1.165) is 16.3 Å². The van der Waals surface area contributed by atoms with Gasteiger partial charge in [-0.2, -0.15) is 0 Å². The second-order valence-electron chi connectivity index (χ2n) is 5.50. The first-order valence-corrected chi connectivity index (χ1v) is 7.09. The van der Waals surface area contributed by atoms with E-state index in [1.807, 2.05) is 31.2 Å². The Kier molecular flexibility index (Phi) is 3.71. The summed E-state index contributed by atoms with van der Waals surface area (Å²) in [4.78, 5) is 16.3. The summed E-state index contributed by atoms with van der Waals surface area (Å²) in [6.45, 7) is 8.28. The minimum absolute atomic E-state index is 0.0120. The molecule has 1 heterocycles. The maximum absolute atomic E-state index is 12.1. The molecular formula is C15H18N2OS. The lowest BCUT2D eigenvalue weighted by molar-refractivity contribution is 0.102. The molecule has 0 aliphatic heterocycles. The van der Waals surface area contributed by atoms with Crippen molar-refractivity contribution in [2.75, 3.05) is 5.32 Å². The zero-order valence-electron chi connectivity index (χ0n) is 11.7. The highest BCUT2D eigenvalue weighted by atomic mass is 32.1. The number of amides is 1. The molecule has 4 heteroatoms. The summed E-state index contributed by atoms with van der Waals surface area (Å²) in [7, 11) is 0. The molecule has 100 valence electrons. The first-order valence-electron chi connectivity index (χ1n) is 6.21. The zero-order valence-corrected chi connectivity index (χ0v) is 12.5. The molecule has 0 spiro atoms. The van der Waals surface area contributed by atoms with Crippen molar-refractivity contribution in [1.82, 2.24) is 4.98 Å². The summed E-state index contributed by atoms with van der Waals surface area (Å²) in [5.41, 5.74) is 2.44. The number of carbonyl (C=O) groups excluding carboxylic acids is 1. The second kappa shape index (κ2) is 5.13. The van der Waals surface area contributed by atoms with Crippen molar-refractivity contribution in [3.8, 4) is 0 Å². The molecule has 0 saturated carbocycles. The summed E-state index contributed by atoms with van der Waals surface area (Å²) in [6.07, 6.45) is 0. The maximum atomic E-state index is 12.1. The van der Waals surface area contributed by atoms with Crippen LogP contribution < -0.4 is 5.32 Å². The van der Waals surface area contributed by atoms with Crippen LogP contribution in [0.25, 0.3) is 0 Å². The van der Waals surface area contributed by atoms with Crippen LogP contribution in [0.1, 0.15) is 41.8 Å². The number of nitrogens with zero attached hydrogens (tertiary/aromatic N) is 1. The third-order valence-corrected chi connectivity index (χ3v) is 3.61. The third-order valence-electron chi connectivity index (χ3n) is 2.83. The molecule has 2 rings (SSSR count). The molecular weight excluding hydrogens is 256 g/mol. The fraction of sp³-hybridized carbons (Fsp3) is 0.333. The van der Waals surface area contributed by atoms with Crippen LogP contribution in [0, 0.1) is 6.92 Å². The van der Waals surface area contributed by atoms with Crippen molar-refractivity contribution in [2.24, 2.45) is 0 Å². The summed E-state index contributed by atoms with van der Waals surface area (Å²) in [6, 6.07) is 7.89. The Balaban J connectivity index is 2.27. The normalized spacial score (nSPS) is 11.4. The number of rotatable bonds is 2. The predicted octanol–water partition coefficient (Wildman–Crippen LogP) is 4.00. The van der Waals surface area contributed by atoms with Crippen LogP contribution in [0.2, 0.25) is 0 Å². The van der Waals surface area contributed by atoms with Crippen LogP contribution >= 0.6 is 11.3 Å². The van der Waals surface area contributed by atoms with Crippen molar-refractivity contribution in [3.05, 3.63) is 45.9 Å². The van der Waals surface area contributed by atoms with Gasteiger partial charge in [0.25, 0.3) is 5.91 Å². The van der Waals surface area contributed by atoms with Gasteiger partial charge in [0, 0.05) is 11.1 Å². The minimum Gasteiger partial charge on any atom is -0.320 e. The molecule has 19 heavy (non-hydrogen) atoms. The van der Waals surface area contributed by atoms with Crippen LogP contribution in [0.5, 0.6) is 0 Å². The van der Waals surface area contributed by atoms with Crippen LogP contribution in [0.3, 0.4) is 0 Å².